The maximum absolute atomic E-state index is 5.57. The highest BCUT2D eigenvalue weighted by atomic mass is 16.7. The molecule has 1 atom stereocenters. The van der Waals surface area contributed by atoms with Gasteiger partial charge in [-0.1, -0.05) is 18.2 Å². The third-order valence-corrected chi connectivity index (χ3v) is 5.34. The second-order valence-corrected chi connectivity index (χ2v) is 6.87. The van der Waals surface area contributed by atoms with Crippen molar-refractivity contribution in [2.75, 3.05) is 33.0 Å². The Bertz CT molecular complexity index is 917. The first-order valence-electron chi connectivity index (χ1n) is 9.14. The van der Waals surface area contributed by atoms with E-state index < -0.39 is 0 Å². The lowest BCUT2D eigenvalue weighted by atomic mass is 9.94. The smallest absolute Gasteiger partial charge is 0.231 e. The van der Waals surface area contributed by atoms with Gasteiger partial charge in [-0.3, -0.25) is 10.00 Å². The minimum atomic E-state index is 0.304. The van der Waals surface area contributed by atoms with Gasteiger partial charge in [0.25, 0.3) is 0 Å². The molecule has 0 bridgehead atoms. The number of fused-ring (bicyclic) bond motifs is 2. The minimum Gasteiger partial charge on any atom is -0.454 e. The fraction of sp³-hybridized carbons (Fsp3) is 0.350. The summed E-state index contributed by atoms with van der Waals surface area (Å²) in [4.78, 5) is 2.57. The number of ether oxygens (including phenoxy) is 2. The molecular formula is C20H22N4O2. The molecule has 2 N–H and O–H groups in total. The fourth-order valence-corrected chi connectivity index (χ4v) is 4.00. The second kappa shape index (κ2) is 6.63. The number of piperazine rings is 1. The van der Waals surface area contributed by atoms with Crippen LogP contribution >= 0.6 is 0 Å². The van der Waals surface area contributed by atoms with Gasteiger partial charge in [0, 0.05) is 37.6 Å². The van der Waals surface area contributed by atoms with Gasteiger partial charge >= 0.3 is 0 Å². The zero-order valence-electron chi connectivity index (χ0n) is 14.6. The molecule has 0 radical (unpaired) electrons. The van der Waals surface area contributed by atoms with E-state index in [-0.39, 0.29) is 0 Å². The van der Waals surface area contributed by atoms with Crippen molar-refractivity contribution in [3.8, 4) is 11.5 Å². The SMILES string of the molecule is c1cc(C(Cc2ccc3c(c2)OCO3)N2CCNCC2)c2cn[nH]c2c1. The first kappa shape index (κ1) is 15.7. The van der Waals surface area contributed by atoms with Crippen LogP contribution in [0.5, 0.6) is 11.5 Å². The highest BCUT2D eigenvalue weighted by Crippen LogP contribution is 2.36. The van der Waals surface area contributed by atoms with Gasteiger partial charge in [-0.25, -0.2) is 0 Å². The van der Waals surface area contributed by atoms with Gasteiger partial charge in [-0.05, 0) is 35.7 Å². The van der Waals surface area contributed by atoms with Crippen LogP contribution in [0.15, 0.2) is 42.6 Å². The molecule has 0 spiro atoms. The summed E-state index contributed by atoms with van der Waals surface area (Å²) in [5.74, 6) is 1.69. The van der Waals surface area contributed by atoms with Crippen LogP contribution in [0.3, 0.4) is 0 Å². The molecule has 1 unspecified atom stereocenters. The van der Waals surface area contributed by atoms with Crippen molar-refractivity contribution < 1.29 is 9.47 Å². The molecule has 1 aromatic heterocycles. The number of hydrogen-bond donors (Lipinski definition) is 2. The van der Waals surface area contributed by atoms with E-state index in [1.165, 1.54) is 16.5 Å². The minimum absolute atomic E-state index is 0.304. The number of aromatic nitrogens is 2. The van der Waals surface area contributed by atoms with Crippen LogP contribution in [-0.4, -0.2) is 48.1 Å². The summed E-state index contributed by atoms with van der Waals surface area (Å²) in [7, 11) is 0. The van der Waals surface area contributed by atoms with Gasteiger partial charge in [0.2, 0.25) is 6.79 Å². The normalized spacial score (nSPS) is 18.3. The zero-order valence-corrected chi connectivity index (χ0v) is 14.6. The number of nitrogens with one attached hydrogen (secondary N) is 2. The Kier molecular flexibility index (Phi) is 3.99. The summed E-state index contributed by atoms with van der Waals surface area (Å²) in [5.41, 5.74) is 3.68. The predicted octanol–water partition coefficient (Wildman–Crippen LogP) is 2.48. The molecule has 1 fully saturated rings. The van der Waals surface area contributed by atoms with E-state index in [9.17, 15) is 0 Å². The molecule has 6 heteroatoms. The summed E-state index contributed by atoms with van der Waals surface area (Å²) < 4.78 is 11.0. The van der Waals surface area contributed by atoms with Gasteiger partial charge in [0.05, 0.1) is 11.7 Å². The van der Waals surface area contributed by atoms with Crippen LogP contribution in [-0.2, 0) is 6.42 Å². The predicted molar refractivity (Wildman–Crippen MR) is 99.5 cm³/mol. The highest BCUT2D eigenvalue weighted by molar-refractivity contribution is 5.82. The molecule has 2 aliphatic rings. The van der Waals surface area contributed by atoms with Gasteiger partial charge in [0.1, 0.15) is 0 Å². The van der Waals surface area contributed by atoms with Crippen LogP contribution in [0, 0.1) is 0 Å². The summed E-state index contributed by atoms with van der Waals surface area (Å²) >= 11 is 0. The van der Waals surface area contributed by atoms with Crippen LogP contribution < -0.4 is 14.8 Å². The number of nitrogens with zero attached hydrogens (tertiary/aromatic N) is 2. The van der Waals surface area contributed by atoms with Crippen molar-refractivity contribution in [1.29, 1.82) is 0 Å². The fourth-order valence-electron chi connectivity index (χ4n) is 4.00. The van der Waals surface area contributed by atoms with Crippen molar-refractivity contribution in [2.24, 2.45) is 0 Å². The Morgan fingerprint density at radius 2 is 1.96 bits per heavy atom. The topological polar surface area (TPSA) is 62.4 Å². The van der Waals surface area contributed by atoms with Gasteiger partial charge in [-0.2, -0.15) is 5.10 Å². The molecule has 1 saturated heterocycles. The number of benzene rings is 2. The summed E-state index contributed by atoms with van der Waals surface area (Å²) in [5, 5.41) is 12.0. The number of rotatable bonds is 4. The average molecular weight is 350 g/mol. The monoisotopic (exact) mass is 350 g/mol. The van der Waals surface area contributed by atoms with Crippen molar-refractivity contribution in [3.05, 3.63) is 53.7 Å². The summed E-state index contributed by atoms with van der Waals surface area (Å²) in [6, 6.07) is 13.0. The Labute approximate surface area is 152 Å². The highest BCUT2D eigenvalue weighted by Gasteiger charge is 2.25. The Balaban J connectivity index is 1.52. The quantitative estimate of drug-likeness (QED) is 0.757. The van der Waals surface area contributed by atoms with Crippen LogP contribution in [0.2, 0.25) is 0 Å². The molecule has 134 valence electrons. The second-order valence-electron chi connectivity index (χ2n) is 6.87. The lowest BCUT2D eigenvalue weighted by Crippen LogP contribution is -2.45. The van der Waals surface area contributed by atoms with E-state index >= 15 is 0 Å². The van der Waals surface area contributed by atoms with Gasteiger partial charge in [-0.15, -0.1) is 0 Å². The zero-order chi connectivity index (χ0) is 17.3. The maximum atomic E-state index is 5.57. The standard InChI is InChI=1S/C20H22N4O2/c1-2-15(16-12-22-23-17(16)3-1)18(24-8-6-21-7-9-24)10-14-4-5-19-20(11-14)26-13-25-19/h1-5,11-12,18,21H,6-10,13H2,(H,22,23). The van der Waals surface area contributed by atoms with Crippen molar-refractivity contribution >= 4 is 10.9 Å². The third kappa shape index (κ3) is 2.81. The molecular weight excluding hydrogens is 328 g/mol. The first-order valence-corrected chi connectivity index (χ1v) is 9.14. The Morgan fingerprint density at radius 3 is 2.88 bits per heavy atom. The molecule has 2 aromatic carbocycles. The molecule has 3 heterocycles. The van der Waals surface area contributed by atoms with E-state index in [1.807, 2.05) is 12.3 Å². The van der Waals surface area contributed by atoms with Crippen molar-refractivity contribution in [1.82, 2.24) is 20.4 Å². The molecule has 3 aromatic rings. The van der Waals surface area contributed by atoms with Crippen LogP contribution in [0.1, 0.15) is 17.2 Å². The molecule has 0 aliphatic carbocycles. The molecule has 5 rings (SSSR count). The Morgan fingerprint density at radius 1 is 1.08 bits per heavy atom. The van der Waals surface area contributed by atoms with Gasteiger partial charge in [0.15, 0.2) is 11.5 Å². The van der Waals surface area contributed by atoms with Crippen LogP contribution in [0.25, 0.3) is 10.9 Å². The Hall–Kier alpha value is -2.57. The van der Waals surface area contributed by atoms with Gasteiger partial charge < -0.3 is 14.8 Å². The largest absolute Gasteiger partial charge is 0.454 e. The third-order valence-electron chi connectivity index (χ3n) is 5.34. The lowest BCUT2D eigenvalue weighted by molar-refractivity contribution is 0.172. The summed E-state index contributed by atoms with van der Waals surface area (Å²) in [6.07, 6.45) is 2.88. The van der Waals surface area contributed by atoms with Crippen molar-refractivity contribution in [3.63, 3.8) is 0 Å². The maximum Gasteiger partial charge on any atom is 0.231 e. The van der Waals surface area contributed by atoms with E-state index in [1.54, 1.807) is 0 Å². The molecule has 6 nitrogen and oxygen atoms in total. The lowest BCUT2D eigenvalue weighted by Gasteiger charge is -2.35. The summed E-state index contributed by atoms with van der Waals surface area (Å²) in [6.45, 7) is 4.46. The van der Waals surface area contributed by atoms with E-state index in [0.29, 0.717) is 12.8 Å². The molecule has 26 heavy (non-hydrogen) atoms. The van der Waals surface area contributed by atoms with E-state index in [0.717, 1.165) is 49.6 Å². The first-order chi connectivity index (χ1) is 12.9. The number of aromatic amines is 1. The van der Waals surface area contributed by atoms with E-state index in [4.69, 9.17) is 9.47 Å². The van der Waals surface area contributed by atoms with Crippen molar-refractivity contribution in [2.45, 2.75) is 12.5 Å². The van der Waals surface area contributed by atoms with Crippen LogP contribution in [0.4, 0.5) is 0 Å². The molecule has 0 saturated carbocycles. The molecule has 2 aliphatic heterocycles. The molecule has 0 amide bonds. The van der Waals surface area contributed by atoms with E-state index in [2.05, 4.69) is 50.7 Å². The number of hydrogen-bond acceptors (Lipinski definition) is 5. The number of H-pyrrole nitrogens is 1. The average Bonchev–Trinajstić information content (AvgIpc) is 3.35.